The average Bonchev–Trinajstić information content (AvgIpc) is 3.16. The van der Waals surface area contributed by atoms with E-state index in [-0.39, 0.29) is 24.0 Å². The van der Waals surface area contributed by atoms with Crippen LogP contribution in [0, 0.1) is 24.2 Å². The Morgan fingerprint density at radius 3 is 2.59 bits per heavy atom. The van der Waals surface area contributed by atoms with Crippen molar-refractivity contribution in [2.24, 2.45) is 5.92 Å². The Balaban J connectivity index is 1.30. The summed E-state index contributed by atoms with van der Waals surface area (Å²) in [5.41, 5.74) is 0. The van der Waals surface area contributed by atoms with Crippen molar-refractivity contribution in [1.82, 2.24) is 23.6 Å². The van der Waals surface area contributed by atoms with E-state index in [9.17, 15) is 8.42 Å². The number of hydrogen-bond acceptors (Lipinski definition) is 10. The molecule has 3 fully saturated rings. The number of nitriles is 1. The summed E-state index contributed by atoms with van der Waals surface area (Å²) in [5, 5.41) is 16.4. The van der Waals surface area contributed by atoms with E-state index in [1.54, 1.807) is 23.7 Å². The van der Waals surface area contributed by atoms with E-state index in [0.717, 1.165) is 29.3 Å². The fraction of sp³-hybridized carbons (Fsp3) is 0.619. The summed E-state index contributed by atoms with van der Waals surface area (Å²) in [6, 6.07) is 3.77. The summed E-state index contributed by atoms with van der Waals surface area (Å²) in [6.45, 7) is 2.58. The number of thiazole rings is 1. The zero-order chi connectivity index (χ0) is 23.9. The van der Waals surface area contributed by atoms with Gasteiger partial charge in [0.2, 0.25) is 11.8 Å². The Hall–Kier alpha value is -2.53. The highest BCUT2D eigenvalue weighted by molar-refractivity contribution is 7.86. The van der Waals surface area contributed by atoms with Crippen LogP contribution in [0.15, 0.2) is 12.3 Å². The first-order valence-corrected chi connectivity index (χ1v) is 13.6. The van der Waals surface area contributed by atoms with Gasteiger partial charge in [0.05, 0.1) is 19.1 Å². The Labute approximate surface area is 203 Å². The van der Waals surface area contributed by atoms with E-state index in [0.29, 0.717) is 43.6 Å². The number of fused-ring (bicyclic) bond motifs is 2. The monoisotopic (exact) mass is 504 g/mol. The molecule has 2 aromatic heterocycles. The van der Waals surface area contributed by atoms with Gasteiger partial charge in [-0.3, -0.25) is 0 Å². The van der Waals surface area contributed by atoms with Gasteiger partial charge in [0, 0.05) is 48.4 Å². The van der Waals surface area contributed by atoms with Crippen LogP contribution >= 0.6 is 11.3 Å². The van der Waals surface area contributed by atoms with Gasteiger partial charge in [-0.05, 0) is 32.6 Å². The molecule has 2 aromatic rings. The van der Waals surface area contributed by atoms with Gasteiger partial charge in [0.15, 0.2) is 5.13 Å². The predicted octanol–water partition coefficient (Wildman–Crippen LogP) is 2.49. The summed E-state index contributed by atoms with van der Waals surface area (Å²) in [7, 11) is -1.99. The molecule has 34 heavy (non-hydrogen) atoms. The second-order valence-corrected chi connectivity index (χ2v) is 12.1. The number of ether oxygens (including phenoxy) is 1. The average molecular weight is 505 g/mol. The number of nitrogens with zero attached hydrogens (tertiary/aromatic N) is 6. The van der Waals surface area contributed by atoms with Crippen molar-refractivity contribution in [3.05, 3.63) is 17.1 Å². The molecule has 5 rings (SSSR count). The van der Waals surface area contributed by atoms with Gasteiger partial charge in [-0.2, -0.15) is 32.3 Å². The lowest BCUT2D eigenvalue weighted by molar-refractivity contribution is 0.0983. The van der Waals surface area contributed by atoms with Crippen LogP contribution in [-0.4, -0.2) is 70.3 Å². The molecule has 0 radical (unpaired) electrons. The normalized spacial score (nSPS) is 25.9. The highest BCUT2D eigenvalue weighted by Crippen LogP contribution is 2.39. The second-order valence-electron chi connectivity index (χ2n) is 9.05. The van der Waals surface area contributed by atoms with Crippen molar-refractivity contribution >= 4 is 38.4 Å². The maximum Gasteiger partial charge on any atom is 0.282 e. The summed E-state index contributed by atoms with van der Waals surface area (Å²) in [4.78, 5) is 14.5. The minimum absolute atomic E-state index is 0.0482. The molecule has 0 aliphatic carbocycles. The smallest absolute Gasteiger partial charge is 0.282 e. The van der Waals surface area contributed by atoms with E-state index in [4.69, 9.17) is 10.00 Å². The van der Waals surface area contributed by atoms with Gasteiger partial charge >= 0.3 is 0 Å². The van der Waals surface area contributed by atoms with Crippen molar-refractivity contribution < 1.29 is 13.2 Å². The molecule has 3 atom stereocenters. The number of methoxy groups -OCH3 is 1. The third-order valence-corrected chi connectivity index (χ3v) is 9.54. The molecule has 0 spiro atoms. The van der Waals surface area contributed by atoms with Crippen LogP contribution in [0.3, 0.4) is 0 Å². The number of aryl methyl sites for hydroxylation is 1. The zero-order valence-corrected chi connectivity index (χ0v) is 20.8. The molecule has 11 nitrogen and oxygen atoms in total. The van der Waals surface area contributed by atoms with Crippen LogP contribution in [0.2, 0.25) is 0 Å². The van der Waals surface area contributed by atoms with Gasteiger partial charge in [-0.25, -0.2) is 4.98 Å². The van der Waals surface area contributed by atoms with Gasteiger partial charge in [0.1, 0.15) is 5.82 Å². The molecule has 3 aliphatic rings. The van der Waals surface area contributed by atoms with Crippen LogP contribution in [0.25, 0.3) is 0 Å². The fourth-order valence-corrected chi connectivity index (χ4v) is 7.85. The quantitative estimate of drug-likeness (QED) is 0.583. The third-order valence-electron chi connectivity index (χ3n) is 6.63. The Morgan fingerprint density at radius 2 is 1.97 bits per heavy atom. The van der Waals surface area contributed by atoms with Gasteiger partial charge < -0.3 is 15.4 Å². The van der Waals surface area contributed by atoms with Crippen molar-refractivity contribution in [3.63, 3.8) is 0 Å². The first-order chi connectivity index (χ1) is 16.4. The minimum atomic E-state index is -3.55. The van der Waals surface area contributed by atoms with Gasteiger partial charge in [-0.15, -0.1) is 11.3 Å². The highest BCUT2D eigenvalue weighted by Gasteiger charge is 2.49. The molecule has 182 valence electrons. The first kappa shape index (κ1) is 23.2. The lowest BCUT2D eigenvalue weighted by Gasteiger charge is -2.50. The van der Waals surface area contributed by atoms with E-state index < -0.39 is 10.2 Å². The number of hydrogen-bond donors (Lipinski definition) is 2. The molecule has 13 heteroatoms. The first-order valence-electron chi connectivity index (χ1n) is 11.4. The molecule has 2 bridgehead atoms. The topological polar surface area (TPSA) is 136 Å². The lowest BCUT2D eigenvalue weighted by atomic mass is 9.84. The van der Waals surface area contributed by atoms with Crippen molar-refractivity contribution in [3.8, 4) is 11.9 Å². The van der Waals surface area contributed by atoms with Crippen LogP contribution in [-0.2, 0) is 10.2 Å². The summed E-state index contributed by atoms with van der Waals surface area (Å²) in [6.07, 6.45) is 5.84. The molecular formula is C21H28N8O3S2. The summed E-state index contributed by atoms with van der Waals surface area (Å²) < 4.78 is 35.1. The second kappa shape index (κ2) is 9.26. The highest BCUT2D eigenvalue weighted by atomic mass is 32.2. The molecule has 0 saturated carbocycles. The van der Waals surface area contributed by atoms with Crippen LogP contribution in [0.5, 0.6) is 5.88 Å². The molecule has 0 amide bonds. The van der Waals surface area contributed by atoms with Crippen molar-refractivity contribution in [2.75, 3.05) is 30.8 Å². The minimum Gasteiger partial charge on any atom is -0.481 e. The maximum atomic E-state index is 13.3. The SMILES string of the molecule is COc1cc(Nc2ncc(C)s2)nc(N[C@@H]2C[C@H]3CCC[C@@H](C2)N3S(=O)(=O)N2CC(C#N)C2)n1. The van der Waals surface area contributed by atoms with Gasteiger partial charge in [-0.1, -0.05) is 6.42 Å². The lowest BCUT2D eigenvalue weighted by Crippen LogP contribution is -2.63. The Morgan fingerprint density at radius 1 is 1.24 bits per heavy atom. The molecule has 0 aromatic carbocycles. The Kier molecular flexibility index (Phi) is 6.32. The van der Waals surface area contributed by atoms with E-state index >= 15 is 0 Å². The van der Waals surface area contributed by atoms with Crippen molar-refractivity contribution in [2.45, 2.75) is 57.2 Å². The zero-order valence-electron chi connectivity index (χ0n) is 19.1. The maximum absolute atomic E-state index is 13.3. The number of piperidine rings is 2. The fourth-order valence-electron chi connectivity index (χ4n) is 5.04. The summed E-state index contributed by atoms with van der Waals surface area (Å²) >= 11 is 1.53. The number of nitrogens with one attached hydrogen (secondary N) is 2. The molecule has 3 saturated heterocycles. The molecular weight excluding hydrogens is 476 g/mol. The van der Waals surface area contributed by atoms with E-state index in [2.05, 4.69) is 31.7 Å². The van der Waals surface area contributed by atoms with Crippen LogP contribution in [0.1, 0.15) is 37.0 Å². The number of aromatic nitrogens is 3. The molecule has 3 aliphatic heterocycles. The van der Waals surface area contributed by atoms with Crippen molar-refractivity contribution in [1.29, 1.82) is 5.26 Å². The van der Waals surface area contributed by atoms with E-state index in [1.165, 1.54) is 15.6 Å². The number of anilines is 3. The van der Waals surface area contributed by atoms with Gasteiger partial charge in [0.25, 0.3) is 10.2 Å². The van der Waals surface area contributed by atoms with Crippen LogP contribution in [0.4, 0.5) is 16.9 Å². The molecule has 0 unspecified atom stereocenters. The standard InChI is InChI=1S/C21H28N8O3S2/c1-13-10-23-21(33-13)26-18-8-19(32-2)27-20(25-18)24-15-6-16-4-3-5-17(7-15)29(16)34(30,31)28-11-14(9-22)12-28/h8,10,14-17H,3-7,11-12H2,1-2H3,(H2,23,24,25,26,27)/t15-,16-,17+. The molecule has 5 heterocycles. The largest absolute Gasteiger partial charge is 0.481 e. The van der Waals surface area contributed by atoms with E-state index in [1.807, 2.05) is 6.92 Å². The van der Waals surface area contributed by atoms with Crippen LogP contribution < -0.4 is 15.4 Å². The number of rotatable bonds is 7. The molecule has 2 N–H and O–H groups in total. The third kappa shape index (κ3) is 4.55. The Bertz CT molecular complexity index is 1180. The summed E-state index contributed by atoms with van der Waals surface area (Å²) in [5.74, 6) is 1.25. The predicted molar refractivity (Wildman–Crippen MR) is 128 cm³/mol.